The van der Waals surface area contributed by atoms with Crippen LogP contribution < -0.4 is 27.6 Å². The third-order valence-corrected chi connectivity index (χ3v) is 10.7. The van der Waals surface area contributed by atoms with Crippen molar-refractivity contribution in [2.45, 2.75) is 9.79 Å². The summed E-state index contributed by atoms with van der Waals surface area (Å²) in [5, 5.41) is 19.8. The molecule has 46 heavy (non-hydrogen) atoms. The van der Waals surface area contributed by atoms with Crippen molar-refractivity contribution in [1.82, 2.24) is 0 Å². The lowest BCUT2D eigenvalue weighted by Crippen LogP contribution is -2.37. The van der Waals surface area contributed by atoms with Crippen LogP contribution in [-0.4, -0.2) is 78.5 Å². The number of ether oxygens (including phenoxy) is 4. The number of nitrogens with zero attached hydrogens (tertiary/aromatic N) is 2. The molecule has 240 valence electrons. The number of hydrogen-bond donors (Lipinski definition) is 2. The molecular weight excluding hydrogens is 644 g/mol. The van der Waals surface area contributed by atoms with Gasteiger partial charge in [0.05, 0.1) is 21.2 Å². The largest absolute Gasteiger partial charge is 0.486 e. The molecule has 0 atom stereocenters. The highest BCUT2D eigenvalue weighted by Crippen LogP contribution is 2.41. The Morgan fingerprint density at radius 3 is 1.30 bits per heavy atom. The highest BCUT2D eigenvalue weighted by atomic mass is 32.2. The first-order chi connectivity index (χ1) is 22.0. The van der Waals surface area contributed by atoms with Gasteiger partial charge in [-0.1, -0.05) is 24.3 Å². The summed E-state index contributed by atoms with van der Waals surface area (Å²) in [4.78, 5) is 23.5. The van der Waals surface area contributed by atoms with E-state index < -0.39 is 45.1 Å². The van der Waals surface area contributed by atoms with Gasteiger partial charge in [-0.2, -0.15) is 0 Å². The zero-order chi connectivity index (χ0) is 32.6. The molecule has 0 spiro atoms. The Morgan fingerprint density at radius 2 is 0.935 bits per heavy atom. The van der Waals surface area contributed by atoms with E-state index in [1.807, 2.05) is 0 Å². The van der Waals surface area contributed by atoms with E-state index >= 15 is 0 Å². The number of carboxylic acid groups (broad SMARTS) is 2. The number of rotatable bonds is 10. The molecular formula is C30H26N2O12S2. The predicted molar refractivity (Wildman–Crippen MR) is 163 cm³/mol. The van der Waals surface area contributed by atoms with E-state index in [4.69, 9.17) is 18.9 Å². The monoisotopic (exact) mass is 670 g/mol. The zero-order valence-electron chi connectivity index (χ0n) is 23.9. The van der Waals surface area contributed by atoms with Gasteiger partial charge in [-0.25, -0.2) is 16.8 Å². The Morgan fingerprint density at radius 1 is 0.565 bits per heavy atom. The predicted octanol–water partition coefficient (Wildman–Crippen LogP) is 2.94. The molecule has 14 nitrogen and oxygen atoms in total. The van der Waals surface area contributed by atoms with Crippen molar-refractivity contribution in [2.75, 3.05) is 48.1 Å². The number of hydrogen-bond acceptors (Lipinski definition) is 10. The summed E-state index contributed by atoms with van der Waals surface area (Å²) >= 11 is 0. The first kappa shape index (κ1) is 30.8. The zero-order valence-corrected chi connectivity index (χ0v) is 25.5. The van der Waals surface area contributed by atoms with Crippen LogP contribution in [0, 0.1) is 0 Å². The fraction of sp³-hybridized carbons (Fsp3) is 0.200. The fourth-order valence-electron chi connectivity index (χ4n) is 5.17. The number of anilines is 2. The Hall–Kier alpha value is -5.22. The summed E-state index contributed by atoms with van der Waals surface area (Å²) in [6, 6.07) is 16.4. The van der Waals surface area contributed by atoms with E-state index in [2.05, 4.69) is 0 Å². The molecule has 0 aliphatic carbocycles. The van der Waals surface area contributed by atoms with Crippen LogP contribution in [0.1, 0.15) is 0 Å². The third-order valence-electron chi connectivity index (χ3n) is 7.18. The Bertz CT molecular complexity index is 1940. The van der Waals surface area contributed by atoms with E-state index in [-0.39, 0.29) is 69.9 Å². The van der Waals surface area contributed by atoms with Crippen LogP contribution in [0.3, 0.4) is 0 Å². The van der Waals surface area contributed by atoms with Gasteiger partial charge in [0, 0.05) is 22.9 Å². The third kappa shape index (κ3) is 5.67. The summed E-state index contributed by atoms with van der Waals surface area (Å²) in [7, 11) is -9.08. The molecule has 0 amide bonds. The van der Waals surface area contributed by atoms with E-state index in [0.29, 0.717) is 20.1 Å². The Kier molecular flexibility index (Phi) is 7.99. The second kappa shape index (κ2) is 11.9. The number of benzene rings is 4. The van der Waals surface area contributed by atoms with Crippen LogP contribution in [0.5, 0.6) is 23.0 Å². The lowest BCUT2D eigenvalue weighted by molar-refractivity contribution is -0.136. The fourth-order valence-corrected chi connectivity index (χ4v) is 8.07. The Labute approximate surface area is 263 Å². The van der Waals surface area contributed by atoms with Gasteiger partial charge in [0.1, 0.15) is 39.5 Å². The van der Waals surface area contributed by atoms with Crippen LogP contribution in [0.2, 0.25) is 0 Å². The van der Waals surface area contributed by atoms with Gasteiger partial charge >= 0.3 is 11.9 Å². The van der Waals surface area contributed by atoms with Crippen LogP contribution in [0.25, 0.3) is 10.8 Å². The first-order valence-electron chi connectivity index (χ1n) is 13.8. The molecule has 4 aromatic carbocycles. The van der Waals surface area contributed by atoms with Gasteiger partial charge in [-0.15, -0.1) is 0 Å². The molecule has 2 heterocycles. The standard InChI is InChI=1S/C30H26N2O12S2/c33-29(34)17-31(45(37,38)19-5-9-25-27(15-19)43-13-11-41-25)23-7-8-24(22-4-2-1-3-21(22)23)32(18-30(35)36)46(39,40)20-6-10-26-28(16-20)44-14-12-42-26/h1-10,15-16H,11-14,17-18H2,(H,33,34)(H,35,36). The molecule has 0 saturated heterocycles. The molecule has 4 aromatic rings. The highest BCUT2D eigenvalue weighted by molar-refractivity contribution is 7.93. The Balaban J connectivity index is 1.49. The molecule has 0 saturated carbocycles. The van der Waals surface area contributed by atoms with Gasteiger partial charge < -0.3 is 29.2 Å². The molecule has 0 fully saturated rings. The van der Waals surface area contributed by atoms with Crippen molar-refractivity contribution in [3.8, 4) is 23.0 Å². The van der Waals surface area contributed by atoms with Gasteiger partial charge in [0.2, 0.25) is 0 Å². The topological polar surface area (TPSA) is 186 Å². The van der Waals surface area contributed by atoms with Gasteiger partial charge in [0.15, 0.2) is 23.0 Å². The normalized spacial score (nSPS) is 14.0. The minimum absolute atomic E-state index is 0.0800. The molecule has 6 rings (SSSR count). The number of fused-ring (bicyclic) bond motifs is 3. The smallest absolute Gasteiger partial charge is 0.324 e. The minimum atomic E-state index is -4.54. The van der Waals surface area contributed by atoms with Crippen LogP contribution in [0.15, 0.2) is 82.6 Å². The van der Waals surface area contributed by atoms with Gasteiger partial charge in [0.25, 0.3) is 20.0 Å². The van der Waals surface area contributed by atoms with Crippen molar-refractivity contribution in [2.24, 2.45) is 0 Å². The lowest BCUT2D eigenvalue weighted by atomic mass is 10.1. The number of carboxylic acids is 2. The minimum Gasteiger partial charge on any atom is -0.486 e. The first-order valence-corrected chi connectivity index (χ1v) is 16.6. The van der Waals surface area contributed by atoms with Crippen molar-refractivity contribution in [3.63, 3.8) is 0 Å². The van der Waals surface area contributed by atoms with E-state index in [0.717, 1.165) is 0 Å². The molecule has 16 heteroatoms. The van der Waals surface area contributed by atoms with Gasteiger partial charge in [-0.05, 0) is 36.4 Å². The SMILES string of the molecule is O=C(O)CN(c1ccc(N(CC(=O)O)S(=O)(=O)c2ccc3c(c2)OCCO3)c2ccccc12)S(=O)(=O)c1ccc2c(c1)OCCO2. The van der Waals surface area contributed by atoms with E-state index in [1.165, 1.54) is 60.7 Å². The van der Waals surface area contributed by atoms with Crippen molar-refractivity contribution in [1.29, 1.82) is 0 Å². The second-order valence-corrected chi connectivity index (χ2v) is 13.8. The average Bonchev–Trinajstić information content (AvgIpc) is 3.05. The summed E-state index contributed by atoms with van der Waals surface area (Å²) < 4.78 is 79.3. The van der Waals surface area contributed by atoms with E-state index in [9.17, 15) is 36.6 Å². The summed E-state index contributed by atoms with van der Waals surface area (Å²) in [6.45, 7) is -0.993. The maximum Gasteiger partial charge on any atom is 0.324 e. The molecule has 0 radical (unpaired) electrons. The van der Waals surface area contributed by atoms with Gasteiger partial charge in [-0.3, -0.25) is 18.2 Å². The van der Waals surface area contributed by atoms with Crippen molar-refractivity contribution < 1.29 is 55.6 Å². The number of sulfonamides is 2. The maximum atomic E-state index is 14.0. The number of aliphatic carboxylic acids is 2. The molecule has 2 aliphatic rings. The summed E-state index contributed by atoms with van der Waals surface area (Å²) in [5.41, 5.74) is -0.160. The summed E-state index contributed by atoms with van der Waals surface area (Å²) in [6.07, 6.45) is 0. The molecule has 2 N–H and O–H groups in total. The highest BCUT2D eigenvalue weighted by Gasteiger charge is 2.33. The molecule has 2 aliphatic heterocycles. The average molecular weight is 671 g/mol. The lowest BCUT2D eigenvalue weighted by Gasteiger charge is -2.28. The van der Waals surface area contributed by atoms with Crippen LogP contribution >= 0.6 is 0 Å². The van der Waals surface area contributed by atoms with E-state index in [1.54, 1.807) is 12.1 Å². The second-order valence-electron chi connectivity index (χ2n) is 10.1. The van der Waals surface area contributed by atoms with Crippen molar-refractivity contribution in [3.05, 3.63) is 72.8 Å². The van der Waals surface area contributed by atoms with Crippen LogP contribution in [0.4, 0.5) is 11.4 Å². The van der Waals surface area contributed by atoms with Crippen molar-refractivity contribution >= 4 is 54.1 Å². The summed E-state index contributed by atoms with van der Waals surface area (Å²) in [5.74, 6) is -1.89. The molecule has 0 bridgehead atoms. The molecule has 0 aromatic heterocycles. The maximum absolute atomic E-state index is 14.0. The number of carbonyl (C=O) groups is 2. The quantitative estimate of drug-likeness (QED) is 0.252. The van der Waals surface area contributed by atoms with Crippen LogP contribution in [-0.2, 0) is 29.6 Å². The molecule has 0 unspecified atom stereocenters.